The zero-order valence-electron chi connectivity index (χ0n) is 13.2. The Morgan fingerprint density at radius 2 is 1.95 bits per heavy atom. The van der Waals surface area contributed by atoms with Gasteiger partial charge in [0.2, 0.25) is 0 Å². The van der Waals surface area contributed by atoms with Crippen molar-refractivity contribution >= 4 is 23.0 Å². The number of halogens is 2. The van der Waals surface area contributed by atoms with Crippen molar-refractivity contribution < 1.29 is 14.3 Å². The number of nitrogens with two attached hydrogens (primary N) is 1. The fourth-order valence-corrected chi connectivity index (χ4v) is 1.86. The van der Waals surface area contributed by atoms with Crippen LogP contribution in [0.4, 0.5) is 10.1 Å². The number of benzene rings is 1. The van der Waals surface area contributed by atoms with Gasteiger partial charge in [0, 0.05) is 12.0 Å². The molecule has 0 bridgehead atoms. The largest absolute Gasteiger partial charge is 0.396 e. The number of nitrogen functional groups attached to an aromatic ring is 1. The predicted molar refractivity (Wildman–Crippen MR) is 86.2 cm³/mol. The van der Waals surface area contributed by atoms with Crippen LogP contribution in [0.3, 0.4) is 0 Å². The molecule has 1 unspecified atom stereocenters. The average Bonchev–Trinajstić information content (AvgIpc) is 2.90. The molecule has 1 aliphatic heterocycles. The van der Waals surface area contributed by atoms with Crippen molar-refractivity contribution in [2.75, 3.05) is 12.3 Å². The Hall–Kier alpha value is -1.33. The second-order valence-electron chi connectivity index (χ2n) is 4.27. The first-order chi connectivity index (χ1) is 9.95. The standard InChI is InChI=1S/C11H12ClFN2O2.2C2H6/c1-11(5-16)4-10(15-17-11)6-2-9(14)8(13)3-7(6)12;2*1-2/h2-3,16H,4-5,14H2,1H3;2*1-2H3. The number of aliphatic hydroxyl groups is 1. The van der Waals surface area contributed by atoms with Crippen molar-refractivity contribution in [1.29, 1.82) is 0 Å². The molecule has 0 amide bonds. The molecule has 6 heteroatoms. The molecule has 0 radical (unpaired) electrons. The van der Waals surface area contributed by atoms with E-state index in [4.69, 9.17) is 27.3 Å². The van der Waals surface area contributed by atoms with Crippen molar-refractivity contribution in [2.45, 2.75) is 46.6 Å². The summed E-state index contributed by atoms with van der Waals surface area (Å²) in [4.78, 5) is 5.13. The summed E-state index contributed by atoms with van der Waals surface area (Å²) < 4.78 is 13.1. The molecule has 3 N–H and O–H groups in total. The van der Waals surface area contributed by atoms with Gasteiger partial charge in [0.15, 0.2) is 5.60 Å². The van der Waals surface area contributed by atoms with E-state index in [1.807, 2.05) is 27.7 Å². The monoisotopic (exact) mass is 318 g/mol. The van der Waals surface area contributed by atoms with E-state index in [0.717, 1.165) is 6.07 Å². The van der Waals surface area contributed by atoms with Gasteiger partial charge in [-0.3, -0.25) is 0 Å². The van der Waals surface area contributed by atoms with E-state index in [0.29, 0.717) is 17.7 Å². The third-order valence-corrected chi connectivity index (χ3v) is 2.96. The van der Waals surface area contributed by atoms with Crippen LogP contribution in [0.15, 0.2) is 17.3 Å². The van der Waals surface area contributed by atoms with E-state index in [2.05, 4.69) is 5.16 Å². The van der Waals surface area contributed by atoms with Crippen molar-refractivity contribution in [2.24, 2.45) is 5.16 Å². The number of hydrogen-bond donors (Lipinski definition) is 2. The van der Waals surface area contributed by atoms with Crippen molar-refractivity contribution in [3.63, 3.8) is 0 Å². The fourth-order valence-electron chi connectivity index (χ4n) is 1.60. The van der Waals surface area contributed by atoms with Crippen LogP contribution in [0.5, 0.6) is 0 Å². The van der Waals surface area contributed by atoms with Gasteiger partial charge in [-0.05, 0) is 19.1 Å². The summed E-state index contributed by atoms with van der Waals surface area (Å²) in [6.07, 6.45) is 0.397. The highest BCUT2D eigenvalue weighted by Crippen LogP contribution is 2.30. The highest BCUT2D eigenvalue weighted by molar-refractivity contribution is 6.34. The molecule has 0 spiro atoms. The summed E-state index contributed by atoms with van der Waals surface area (Å²) in [5, 5.41) is 13.2. The van der Waals surface area contributed by atoms with Crippen LogP contribution >= 0.6 is 11.6 Å². The van der Waals surface area contributed by atoms with Gasteiger partial charge in [-0.2, -0.15) is 0 Å². The van der Waals surface area contributed by atoms with Crippen LogP contribution in [-0.4, -0.2) is 23.0 Å². The third-order valence-electron chi connectivity index (χ3n) is 2.65. The van der Waals surface area contributed by atoms with Gasteiger partial charge in [0.25, 0.3) is 0 Å². The zero-order valence-corrected chi connectivity index (χ0v) is 14.0. The third kappa shape index (κ3) is 4.86. The van der Waals surface area contributed by atoms with Gasteiger partial charge >= 0.3 is 0 Å². The molecule has 1 heterocycles. The van der Waals surface area contributed by atoms with E-state index in [1.165, 1.54) is 6.07 Å². The number of aliphatic hydroxyl groups excluding tert-OH is 1. The van der Waals surface area contributed by atoms with Crippen LogP contribution in [0, 0.1) is 5.82 Å². The first kappa shape index (κ1) is 19.7. The summed E-state index contributed by atoms with van der Waals surface area (Å²) >= 11 is 5.92. The Kier molecular flexibility index (Phi) is 8.29. The number of rotatable bonds is 2. The van der Waals surface area contributed by atoms with Crippen LogP contribution in [0.2, 0.25) is 5.02 Å². The number of hydrogen-bond acceptors (Lipinski definition) is 4. The van der Waals surface area contributed by atoms with Gasteiger partial charge in [0.05, 0.1) is 23.0 Å². The first-order valence-corrected chi connectivity index (χ1v) is 7.44. The molecule has 1 aromatic carbocycles. The van der Waals surface area contributed by atoms with E-state index in [9.17, 15) is 4.39 Å². The Balaban J connectivity index is 0.000000921. The van der Waals surface area contributed by atoms with Gasteiger partial charge in [0.1, 0.15) is 5.82 Å². The normalized spacial score (nSPS) is 19.5. The van der Waals surface area contributed by atoms with Gasteiger partial charge in [-0.15, -0.1) is 0 Å². The summed E-state index contributed by atoms with van der Waals surface area (Å²) in [5.41, 5.74) is 5.82. The molecule has 120 valence electrons. The molecule has 1 aliphatic rings. The fraction of sp³-hybridized carbons (Fsp3) is 0.533. The van der Waals surface area contributed by atoms with Gasteiger partial charge < -0.3 is 15.7 Å². The predicted octanol–water partition coefficient (Wildman–Crippen LogP) is 3.99. The topological polar surface area (TPSA) is 67.8 Å². The summed E-state index contributed by atoms with van der Waals surface area (Å²) in [6, 6.07) is 2.56. The Morgan fingerprint density at radius 1 is 1.38 bits per heavy atom. The lowest BCUT2D eigenvalue weighted by Crippen LogP contribution is -2.29. The Labute approximate surface area is 130 Å². The second kappa shape index (κ2) is 8.85. The molecule has 0 saturated heterocycles. The maximum Gasteiger partial charge on any atom is 0.163 e. The molecule has 0 saturated carbocycles. The summed E-state index contributed by atoms with van der Waals surface area (Å²) in [6.45, 7) is 9.57. The molecule has 1 aromatic rings. The number of anilines is 1. The maximum absolute atomic E-state index is 13.1. The molecule has 0 aliphatic carbocycles. The summed E-state index contributed by atoms with van der Waals surface area (Å²) in [5.74, 6) is -0.566. The molecular formula is C15H24ClFN2O2. The Morgan fingerprint density at radius 3 is 2.43 bits per heavy atom. The van der Waals surface area contributed by atoms with Crippen molar-refractivity contribution in [1.82, 2.24) is 0 Å². The lowest BCUT2D eigenvalue weighted by molar-refractivity contribution is -0.0428. The molecule has 0 fully saturated rings. The second-order valence-corrected chi connectivity index (χ2v) is 4.67. The van der Waals surface area contributed by atoms with Gasteiger partial charge in [-0.1, -0.05) is 44.5 Å². The SMILES string of the molecule is CC.CC.CC1(CO)CC(c2cc(N)c(F)cc2Cl)=NO1. The minimum absolute atomic E-state index is 0.00435. The molecular weight excluding hydrogens is 295 g/mol. The molecule has 2 rings (SSSR count). The highest BCUT2D eigenvalue weighted by Gasteiger charge is 2.34. The number of nitrogens with zero attached hydrogens (tertiary/aromatic N) is 1. The molecule has 4 nitrogen and oxygen atoms in total. The minimum atomic E-state index is -0.748. The Bertz CT molecular complexity index is 495. The van der Waals surface area contributed by atoms with Crippen molar-refractivity contribution in [3.8, 4) is 0 Å². The zero-order chi connectivity index (χ0) is 16.6. The minimum Gasteiger partial charge on any atom is -0.396 e. The van der Waals surface area contributed by atoms with Crippen LogP contribution in [0.25, 0.3) is 0 Å². The lowest BCUT2D eigenvalue weighted by atomic mass is 9.96. The summed E-state index contributed by atoms with van der Waals surface area (Å²) in [7, 11) is 0. The van der Waals surface area contributed by atoms with E-state index in [-0.39, 0.29) is 17.3 Å². The molecule has 1 atom stereocenters. The van der Waals surface area contributed by atoms with Crippen LogP contribution in [-0.2, 0) is 4.84 Å². The average molecular weight is 319 g/mol. The number of oxime groups is 1. The van der Waals surface area contributed by atoms with E-state index in [1.54, 1.807) is 6.92 Å². The maximum atomic E-state index is 13.1. The van der Waals surface area contributed by atoms with E-state index >= 15 is 0 Å². The van der Waals surface area contributed by atoms with Gasteiger partial charge in [-0.25, -0.2) is 4.39 Å². The van der Waals surface area contributed by atoms with Crippen LogP contribution < -0.4 is 5.73 Å². The van der Waals surface area contributed by atoms with Crippen LogP contribution in [0.1, 0.15) is 46.6 Å². The quantitative estimate of drug-likeness (QED) is 0.810. The molecule has 0 aromatic heterocycles. The molecule has 21 heavy (non-hydrogen) atoms. The van der Waals surface area contributed by atoms with Crippen molar-refractivity contribution in [3.05, 3.63) is 28.5 Å². The highest BCUT2D eigenvalue weighted by atomic mass is 35.5. The smallest absolute Gasteiger partial charge is 0.163 e. The van der Waals surface area contributed by atoms with E-state index < -0.39 is 11.4 Å². The lowest BCUT2D eigenvalue weighted by Gasteiger charge is -2.17. The first-order valence-electron chi connectivity index (χ1n) is 7.06.